The fourth-order valence-electron chi connectivity index (χ4n) is 4.11. The number of imidazole rings is 1. The molecular weight excluding hydrogens is 380 g/mol. The van der Waals surface area contributed by atoms with E-state index in [1.165, 1.54) is 11.8 Å². The number of fused-ring (bicyclic) bond motifs is 1. The minimum atomic E-state index is -0.0337. The molecule has 158 valence electrons. The number of nitrogens with zero attached hydrogens (tertiary/aromatic N) is 4. The molecule has 1 unspecified atom stereocenters. The zero-order valence-corrected chi connectivity index (χ0v) is 18.0. The molecular formula is C23H28N4O3. The fourth-order valence-corrected chi connectivity index (χ4v) is 4.11. The second kappa shape index (κ2) is 7.70. The van der Waals surface area contributed by atoms with Crippen LogP contribution in [0.2, 0.25) is 0 Å². The van der Waals surface area contributed by atoms with Crippen LogP contribution in [0.5, 0.6) is 0 Å². The summed E-state index contributed by atoms with van der Waals surface area (Å²) in [6.45, 7) is 7.01. The largest absolute Gasteiger partial charge is 0.364 e. The van der Waals surface area contributed by atoms with Gasteiger partial charge in [-0.05, 0) is 48.3 Å². The molecule has 0 fully saturated rings. The lowest BCUT2D eigenvalue weighted by Crippen LogP contribution is -2.27. The molecule has 0 bridgehead atoms. The van der Waals surface area contributed by atoms with Crippen molar-refractivity contribution in [3.63, 3.8) is 0 Å². The minimum absolute atomic E-state index is 0.00110. The van der Waals surface area contributed by atoms with Gasteiger partial charge in [-0.15, -0.1) is 0 Å². The van der Waals surface area contributed by atoms with Gasteiger partial charge in [0.05, 0.1) is 11.2 Å². The number of hydrogen-bond donors (Lipinski definition) is 0. The van der Waals surface area contributed by atoms with Crippen LogP contribution in [0.3, 0.4) is 0 Å². The molecule has 0 amide bonds. The van der Waals surface area contributed by atoms with E-state index in [9.17, 15) is 9.59 Å². The van der Waals surface area contributed by atoms with Crippen LogP contribution in [0.25, 0.3) is 16.7 Å². The molecule has 0 radical (unpaired) electrons. The first-order chi connectivity index (χ1) is 14.2. The van der Waals surface area contributed by atoms with Gasteiger partial charge in [0.15, 0.2) is 11.4 Å². The van der Waals surface area contributed by atoms with E-state index >= 15 is 0 Å². The van der Waals surface area contributed by atoms with Crippen LogP contribution in [0, 0.1) is 11.3 Å². The molecule has 3 aromatic heterocycles. The lowest BCUT2D eigenvalue weighted by molar-refractivity contribution is 0.0950. The molecule has 0 aromatic carbocycles. The van der Waals surface area contributed by atoms with Crippen LogP contribution in [0.15, 0.2) is 39.9 Å². The van der Waals surface area contributed by atoms with Gasteiger partial charge in [0, 0.05) is 26.1 Å². The lowest BCUT2D eigenvalue weighted by Gasteiger charge is -2.21. The Morgan fingerprint density at radius 1 is 1.27 bits per heavy atom. The summed E-state index contributed by atoms with van der Waals surface area (Å²) in [5.74, 6) is 0.333. The molecule has 30 heavy (non-hydrogen) atoms. The number of rotatable bonds is 5. The van der Waals surface area contributed by atoms with Crippen molar-refractivity contribution in [3.05, 3.63) is 52.4 Å². The summed E-state index contributed by atoms with van der Waals surface area (Å²) in [6.07, 6.45) is 6.72. The third-order valence-corrected chi connectivity index (χ3v) is 5.66. The highest BCUT2D eigenvalue weighted by Gasteiger charge is 2.22. The molecule has 3 heterocycles. The van der Waals surface area contributed by atoms with E-state index < -0.39 is 0 Å². The van der Waals surface area contributed by atoms with Gasteiger partial charge in [0.25, 0.3) is 0 Å². The fraction of sp³-hybridized carbons (Fsp3) is 0.478. The summed E-state index contributed by atoms with van der Waals surface area (Å²) < 4.78 is 8.21. The lowest BCUT2D eigenvalue weighted by atomic mass is 9.85. The number of aryl methyl sites for hydroxylation is 1. The molecule has 0 saturated carbocycles. The Hall–Kier alpha value is -2.96. The number of carbonyl (C=O) groups is 1. The summed E-state index contributed by atoms with van der Waals surface area (Å²) in [5.41, 5.74) is 4.04. The standard InChI is InChI=1S/C23H28N4O3/c1-23(2,3)14-27-19-10-9-17(24-21(19)26(4)22(27)29)16-7-5-15(6-8-16)13-20(28)18-11-12-30-25-18/h7,9-12,15H,5-6,8,13-14H2,1-4H3. The molecule has 0 aliphatic heterocycles. The molecule has 1 aliphatic rings. The van der Waals surface area contributed by atoms with Gasteiger partial charge in [-0.2, -0.15) is 0 Å². The average Bonchev–Trinajstić information content (AvgIpc) is 3.32. The van der Waals surface area contributed by atoms with Gasteiger partial charge in [-0.3, -0.25) is 13.9 Å². The number of ketones is 1. The minimum Gasteiger partial charge on any atom is -0.364 e. The van der Waals surface area contributed by atoms with E-state index in [2.05, 4.69) is 32.0 Å². The van der Waals surface area contributed by atoms with Gasteiger partial charge < -0.3 is 4.52 Å². The van der Waals surface area contributed by atoms with Crippen molar-refractivity contribution < 1.29 is 9.32 Å². The van der Waals surface area contributed by atoms with E-state index in [1.54, 1.807) is 17.7 Å². The maximum absolute atomic E-state index is 12.7. The summed E-state index contributed by atoms with van der Waals surface area (Å²) in [4.78, 5) is 29.8. The third-order valence-electron chi connectivity index (χ3n) is 5.66. The highest BCUT2D eigenvalue weighted by Crippen LogP contribution is 2.32. The third kappa shape index (κ3) is 4.01. The van der Waals surface area contributed by atoms with Crippen LogP contribution in [-0.2, 0) is 13.6 Å². The molecule has 1 aliphatic carbocycles. The number of hydrogen-bond acceptors (Lipinski definition) is 5. The summed E-state index contributed by atoms with van der Waals surface area (Å²) in [7, 11) is 1.78. The maximum atomic E-state index is 12.7. The van der Waals surface area contributed by atoms with E-state index in [0.717, 1.165) is 30.5 Å². The normalized spacial score (nSPS) is 17.3. The van der Waals surface area contributed by atoms with Gasteiger partial charge in [-0.25, -0.2) is 9.78 Å². The quantitative estimate of drug-likeness (QED) is 0.590. The summed E-state index contributed by atoms with van der Waals surface area (Å²) >= 11 is 0. The number of aromatic nitrogens is 4. The predicted molar refractivity (Wildman–Crippen MR) is 115 cm³/mol. The molecule has 0 N–H and O–H groups in total. The zero-order valence-electron chi connectivity index (χ0n) is 18.0. The van der Waals surface area contributed by atoms with Crippen molar-refractivity contribution >= 4 is 22.5 Å². The molecule has 1 atom stereocenters. The van der Waals surface area contributed by atoms with E-state index in [-0.39, 0.29) is 16.9 Å². The Labute approximate surface area is 175 Å². The van der Waals surface area contributed by atoms with Crippen LogP contribution in [-0.4, -0.2) is 25.1 Å². The highest BCUT2D eigenvalue weighted by molar-refractivity contribution is 5.94. The summed E-state index contributed by atoms with van der Waals surface area (Å²) in [6, 6.07) is 5.63. The smallest absolute Gasteiger partial charge is 0.330 e. The zero-order chi connectivity index (χ0) is 21.5. The molecule has 7 heteroatoms. The van der Waals surface area contributed by atoms with Gasteiger partial charge >= 0.3 is 5.69 Å². The van der Waals surface area contributed by atoms with Crippen molar-refractivity contribution in [2.75, 3.05) is 0 Å². The monoisotopic (exact) mass is 408 g/mol. The van der Waals surface area contributed by atoms with Gasteiger partial charge in [-0.1, -0.05) is 32.0 Å². The Bertz CT molecular complexity index is 1160. The predicted octanol–water partition coefficient (Wildman–Crippen LogP) is 4.23. The van der Waals surface area contributed by atoms with Crippen LogP contribution < -0.4 is 5.69 Å². The molecule has 0 saturated heterocycles. The first-order valence-corrected chi connectivity index (χ1v) is 10.4. The number of Topliss-reactive ketones (excluding diaryl/α,β-unsaturated/α-hetero) is 1. The van der Waals surface area contributed by atoms with E-state index in [0.29, 0.717) is 30.2 Å². The Morgan fingerprint density at radius 2 is 2.07 bits per heavy atom. The highest BCUT2D eigenvalue weighted by atomic mass is 16.5. The van der Waals surface area contributed by atoms with Crippen molar-refractivity contribution in [2.45, 2.75) is 53.0 Å². The maximum Gasteiger partial charge on any atom is 0.330 e. The van der Waals surface area contributed by atoms with Gasteiger partial charge in [0.2, 0.25) is 0 Å². The Balaban J connectivity index is 1.54. The first kappa shape index (κ1) is 20.3. The van der Waals surface area contributed by atoms with Crippen molar-refractivity contribution in [2.24, 2.45) is 18.4 Å². The summed E-state index contributed by atoms with van der Waals surface area (Å²) in [5, 5.41) is 3.73. The van der Waals surface area contributed by atoms with Crippen LogP contribution in [0.1, 0.15) is 62.6 Å². The van der Waals surface area contributed by atoms with E-state index in [1.807, 2.05) is 16.7 Å². The van der Waals surface area contributed by atoms with Crippen molar-refractivity contribution in [3.8, 4) is 0 Å². The Kier molecular flexibility index (Phi) is 5.22. The van der Waals surface area contributed by atoms with Crippen LogP contribution in [0.4, 0.5) is 0 Å². The molecule has 7 nitrogen and oxygen atoms in total. The van der Waals surface area contributed by atoms with E-state index in [4.69, 9.17) is 9.51 Å². The second-order valence-corrected chi connectivity index (χ2v) is 9.41. The average molecular weight is 409 g/mol. The van der Waals surface area contributed by atoms with Crippen molar-refractivity contribution in [1.29, 1.82) is 0 Å². The number of carbonyl (C=O) groups excluding carboxylic acids is 1. The topological polar surface area (TPSA) is 82.9 Å². The molecule has 3 aromatic rings. The number of pyridine rings is 1. The molecule has 0 spiro atoms. The van der Waals surface area contributed by atoms with Crippen molar-refractivity contribution in [1.82, 2.24) is 19.3 Å². The number of allylic oxidation sites excluding steroid dienone is 2. The molecule has 4 rings (SSSR count). The SMILES string of the molecule is Cn1c(=O)n(CC(C)(C)C)c2ccc(C3=CCC(CC(=O)c4ccon4)CC3)nc21. The second-order valence-electron chi connectivity index (χ2n) is 9.41. The first-order valence-electron chi connectivity index (χ1n) is 10.4. The van der Waals surface area contributed by atoms with Gasteiger partial charge in [0.1, 0.15) is 12.0 Å². The Morgan fingerprint density at radius 3 is 2.70 bits per heavy atom. The van der Waals surface area contributed by atoms with Crippen LogP contribution >= 0.6 is 0 Å².